The van der Waals surface area contributed by atoms with Gasteiger partial charge in [0.05, 0.1) is 0 Å². The molecule has 0 bridgehead atoms. The summed E-state index contributed by atoms with van der Waals surface area (Å²) in [4.78, 5) is 23.3. The van der Waals surface area contributed by atoms with Crippen molar-refractivity contribution in [3.8, 4) is 0 Å². The normalized spacial score (nSPS) is 18.9. The molecule has 1 aromatic rings. The smallest absolute Gasteiger partial charge is 0.252 e. The van der Waals surface area contributed by atoms with Crippen molar-refractivity contribution in [2.45, 2.75) is 20.3 Å². The largest absolute Gasteiger partial charge is 0.355 e. The number of nitrogens with two attached hydrogens (primary N) is 1. The van der Waals surface area contributed by atoms with E-state index in [0.717, 1.165) is 51.5 Å². The molecule has 0 amide bonds. The number of hydrogen-bond acceptors (Lipinski definition) is 5. The Bertz CT molecular complexity index is 487. The van der Waals surface area contributed by atoms with E-state index < -0.39 is 0 Å². The lowest BCUT2D eigenvalue weighted by Crippen LogP contribution is -2.35. The Balaban J connectivity index is 2.00. The first kappa shape index (κ1) is 15.0. The zero-order chi connectivity index (χ0) is 14.5. The Morgan fingerprint density at radius 3 is 2.90 bits per heavy atom. The van der Waals surface area contributed by atoms with Crippen LogP contribution in [0.5, 0.6) is 0 Å². The van der Waals surface area contributed by atoms with Gasteiger partial charge >= 0.3 is 0 Å². The molecule has 20 heavy (non-hydrogen) atoms. The zero-order valence-corrected chi connectivity index (χ0v) is 12.4. The molecule has 2 rings (SSSR count). The number of nitrogens with one attached hydrogen (secondary N) is 1. The molecule has 0 aliphatic carbocycles. The number of aromatic nitrogens is 2. The van der Waals surface area contributed by atoms with Crippen LogP contribution in [0.3, 0.4) is 0 Å². The van der Waals surface area contributed by atoms with Crippen LogP contribution in [0.15, 0.2) is 10.9 Å². The van der Waals surface area contributed by atoms with Crippen molar-refractivity contribution >= 4 is 5.82 Å². The van der Waals surface area contributed by atoms with Gasteiger partial charge in [-0.3, -0.25) is 4.79 Å². The molecule has 0 spiro atoms. The molecule has 1 fully saturated rings. The summed E-state index contributed by atoms with van der Waals surface area (Å²) in [5.41, 5.74) is 5.62. The average molecular weight is 279 g/mol. The Morgan fingerprint density at radius 1 is 1.40 bits per heavy atom. The number of nitrogens with zero attached hydrogens (tertiary/aromatic N) is 3. The molecule has 1 saturated heterocycles. The maximum Gasteiger partial charge on any atom is 0.252 e. The molecule has 6 nitrogen and oxygen atoms in total. The molecule has 112 valence electrons. The number of anilines is 1. The standard InChI is InChI=1S/C14H25N5O/c1-11(9-15)10-18-4-3-5-19(7-6-18)13-8-14(20)17-12(2)16-13/h8,11H,3-7,9-10,15H2,1-2H3,(H,16,17,20). The highest BCUT2D eigenvalue weighted by Gasteiger charge is 2.17. The number of H-pyrrole nitrogens is 1. The van der Waals surface area contributed by atoms with E-state index in [-0.39, 0.29) is 5.56 Å². The molecule has 1 aromatic heterocycles. The van der Waals surface area contributed by atoms with Crippen LogP contribution in [-0.4, -0.2) is 54.1 Å². The van der Waals surface area contributed by atoms with Crippen molar-refractivity contribution in [1.29, 1.82) is 0 Å². The first-order valence-corrected chi connectivity index (χ1v) is 7.34. The fourth-order valence-electron chi connectivity index (χ4n) is 2.62. The molecule has 0 saturated carbocycles. The number of rotatable bonds is 4. The minimum Gasteiger partial charge on any atom is -0.355 e. The van der Waals surface area contributed by atoms with E-state index in [4.69, 9.17) is 5.73 Å². The average Bonchev–Trinajstić information content (AvgIpc) is 2.63. The van der Waals surface area contributed by atoms with Crippen LogP contribution in [0.25, 0.3) is 0 Å². The Morgan fingerprint density at radius 2 is 2.20 bits per heavy atom. The lowest BCUT2D eigenvalue weighted by molar-refractivity contribution is 0.255. The first-order chi connectivity index (χ1) is 9.58. The van der Waals surface area contributed by atoms with Gasteiger partial charge in [-0.25, -0.2) is 4.98 Å². The number of aryl methyl sites for hydroxylation is 1. The topological polar surface area (TPSA) is 78.2 Å². The highest BCUT2D eigenvalue weighted by Crippen LogP contribution is 2.12. The van der Waals surface area contributed by atoms with Crippen LogP contribution >= 0.6 is 0 Å². The second kappa shape index (κ2) is 6.85. The summed E-state index contributed by atoms with van der Waals surface area (Å²) in [6, 6.07) is 1.59. The minimum atomic E-state index is -0.0784. The first-order valence-electron chi connectivity index (χ1n) is 7.34. The van der Waals surface area contributed by atoms with Gasteiger partial charge in [-0.1, -0.05) is 6.92 Å². The molecule has 1 atom stereocenters. The van der Waals surface area contributed by atoms with Crippen molar-refractivity contribution in [3.63, 3.8) is 0 Å². The van der Waals surface area contributed by atoms with Gasteiger partial charge in [0.1, 0.15) is 11.6 Å². The lowest BCUT2D eigenvalue weighted by Gasteiger charge is -2.24. The van der Waals surface area contributed by atoms with Crippen LogP contribution < -0.4 is 16.2 Å². The highest BCUT2D eigenvalue weighted by molar-refractivity contribution is 5.37. The van der Waals surface area contributed by atoms with E-state index in [1.165, 1.54) is 0 Å². The lowest BCUT2D eigenvalue weighted by atomic mass is 10.1. The van der Waals surface area contributed by atoms with Gasteiger partial charge in [0.25, 0.3) is 5.56 Å². The Hall–Kier alpha value is -1.40. The second-order valence-electron chi connectivity index (χ2n) is 5.67. The van der Waals surface area contributed by atoms with E-state index in [1.807, 2.05) is 6.92 Å². The summed E-state index contributed by atoms with van der Waals surface area (Å²) in [5.74, 6) is 1.99. The summed E-state index contributed by atoms with van der Waals surface area (Å²) in [6.07, 6.45) is 1.09. The molecule has 0 radical (unpaired) electrons. The molecular formula is C14H25N5O. The monoisotopic (exact) mass is 279 g/mol. The maximum atomic E-state index is 11.5. The van der Waals surface area contributed by atoms with Crippen LogP contribution in [0.4, 0.5) is 5.82 Å². The molecule has 1 unspecified atom stereocenters. The van der Waals surface area contributed by atoms with Crippen molar-refractivity contribution in [3.05, 3.63) is 22.2 Å². The van der Waals surface area contributed by atoms with Gasteiger partial charge in [0.15, 0.2) is 0 Å². The van der Waals surface area contributed by atoms with Crippen LogP contribution in [0, 0.1) is 12.8 Å². The molecule has 3 N–H and O–H groups in total. The van der Waals surface area contributed by atoms with Gasteiger partial charge in [-0.2, -0.15) is 0 Å². The molecule has 1 aliphatic rings. The summed E-state index contributed by atoms with van der Waals surface area (Å²) in [7, 11) is 0. The third-order valence-corrected chi connectivity index (χ3v) is 3.73. The van der Waals surface area contributed by atoms with Crippen molar-refractivity contribution in [1.82, 2.24) is 14.9 Å². The number of hydrogen-bond donors (Lipinski definition) is 2. The van der Waals surface area contributed by atoms with E-state index in [2.05, 4.69) is 26.7 Å². The summed E-state index contributed by atoms with van der Waals surface area (Å²) in [6.45, 7) is 9.72. The van der Waals surface area contributed by atoms with E-state index >= 15 is 0 Å². The van der Waals surface area contributed by atoms with E-state index in [1.54, 1.807) is 6.07 Å². The summed E-state index contributed by atoms with van der Waals surface area (Å²) in [5, 5.41) is 0. The van der Waals surface area contributed by atoms with E-state index in [0.29, 0.717) is 11.7 Å². The van der Waals surface area contributed by atoms with Crippen molar-refractivity contribution in [2.24, 2.45) is 11.7 Å². The fourth-order valence-corrected chi connectivity index (χ4v) is 2.62. The summed E-state index contributed by atoms with van der Waals surface area (Å²) >= 11 is 0. The molecular weight excluding hydrogens is 254 g/mol. The van der Waals surface area contributed by atoms with Gasteiger partial charge in [-0.05, 0) is 32.4 Å². The SMILES string of the molecule is Cc1nc(N2CCCN(CC(C)CN)CC2)cc(=O)[nH]1. The fraction of sp³-hybridized carbons (Fsp3) is 0.714. The highest BCUT2D eigenvalue weighted by atomic mass is 16.1. The third-order valence-electron chi connectivity index (χ3n) is 3.73. The van der Waals surface area contributed by atoms with Gasteiger partial charge in [0, 0.05) is 32.2 Å². The summed E-state index contributed by atoms with van der Waals surface area (Å²) < 4.78 is 0. The molecule has 6 heteroatoms. The third kappa shape index (κ3) is 4.05. The Kier molecular flexibility index (Phi) is 5.14. The Labute approximate surface area is 120 Å². The van der Waals surface area contributed by atoms with Gasteiger partial charge in [0.2, 0.25) is 0 Å². The zero-order valence-electron chi connectivity index (χ0n) is 12.4. The van der Waals surface area contributed by atoms with E-state index in [9.17, 15) is 4.79 Å². The molecule has 2 heterocycles. The van der Waals surface area contributed by atoms with Crippen LogP contribution in [-0.2, 0) is 0 Å². The van der Waals surface area contributed by atoms with Gasteiger partial charge in [-0.15, -0.1) is 0 Å². The molecule has 1 aliphatic heterocycles. The predicted molar refractivity (Wildman–Crippen MR) is 81.1 cm³/mol. The predicted octanol–water partition coefficient (Wildman–Crippen LogP) is 0.185. The van der Waals surface area contributed by atoms with Crippen LogP contribution in [0.2, 0.25) is 0 Å². The van der Waals surface area contributed by atoms with Crippen molar-refractivity contribution < 1.29 is 0 Å². The molecule has 0 aromatic carbocycles. The number of aromatic amines is 1. The maximum absolute atomic E-state index is 11.5. The van der Waals surface area contributed by atoms with Crippen molar-refractivity contribution in [2.75, 3.05) is 44.2 Å². The van der Waals surface area contributed by atoms with Gasteiger partial charge < -0.3 is 20.5 Å². The van der Waals surface area contributed by atoms with Crippen LogP contribution in [0.1, 0.15) is 19.2 Å². The minimum absolute atomic E-state index is 0.0784. The second-order valence-corrected chi connectivity index (χ2v) is 5.67. The quantitative estimate of drug-likeness (QED) is 0.822.